The first-order chi connectivity index (χ1) is 9.19. The molecule has 0 aliphatic heterocycles. The summed E-state index contributed by atoms with van der Waals surface area (Å²) in [6, 6.07) is 8.15. The summed E-state index contributed by atoms with van der Waals surface area (Å²) >= 11 is 0. The van der Waals surface area contributed by atoms with E-state index in [1.807, 2.05) is 19.1 Å². The Morgan fingerprint density at radius 1 is 1.21 bits per heavy atom. The molecule has 0 bridgehead atoms. The van der Waals surface area contributed by atoms with Gasteiger partial charge in [0.2, 0.25) is 0 Å². The van der Waals surface area contributed by atoms with E-state index in [1.165, 1.54) is 5.56 Å². The fourth-order valence-corrected chi connectivity index (χ4v) is 2.16. The van der Waals surface area contributed by atoms with Gasteiger partial charge in [-0.05, 0) is 37.5 Å². The molecule has 0 atom stereocenters. The van der Waals surface area contributed by atoms with Gasteiger partial charge in [-0.15, -0.1) is 0 Å². The molecular formula is C16H27NO2. The molecule has 0 amide bonds. The number of aliphatic hydroxyl groups is 1. The zero-order chi connectivity index (χ0) is 14.1. The van der Waals surface area contributed by atoms with Crippen LogP contribution in [0.4, 0.5) is 0 Å². The van der Waals surface area contributed by atoms with Crippen molar-refractivity contribution in [1.82, 2.24) is 5.32 Å². The minimum atomic E-state index is 0.0114. The number of rotatable bonds is 9. The van der Waals surface area contributed by atoms with E-state index in [4.69, 9.17) is 4.74 Å². The van der Waals surface area contributed by atoms with Crippen LogP contribution in [0.15, 0.2) is 24.3 Å². The lowest BCUT2D eigenvalue weighted by molar-refractivity contribution is 0.113. The average molecular weight is 265 g/mol. The lowest BCUT2D eigenvalue weighted by atomic mass is 9.83. The van der Waals surface area contributed by atoms with Crippen LogP contribution >= 0.6 is 0 Å². The molecule has 0 saturated heterocycles. The molecule has 1 aromatic rings. The molecule has 1 rings (SSSR count). The van der Waals surface area contributed by atoms with Crippen molar-refractivity contribution in [1.29, 1.82) is 0 Å². The standard InChI is InChI=1S/C16H27NO2/c1-4-16(5-2,13-18)12-17-11-14-8-7-9-15(10-14)19-6-3/h7-10,17-18H,4-6,11-13H2,1-3H3. The summed E-state index contributed by atoms with van der Waals surface area (Å²) in [6.45, 7) is 8.84. The van der Waals surface area contributed by atoms with E-state index >= 15 is 0 Å². The van der Waals surface area contributed by atoms with Gasteiger partial charge in [-0.25, -0.2) is 0 Å². The Hall–Kier alpha value is -1.06. The Kier molecular flexibility index (Phi) is 6.89. The first-order valence-corrected chi connectivity index (χ1v) is 7.23. The molecule has 0 spiro atoms. The van der Waals surface area contributed by atoms with Crippen LogP contribution in [-0.2, 0) is 6.54 Å². The maximum atomic E-state index is 9.53. The molecule has 0 heterocycles. The molecule has 0 radical (unpaired) electrons. The Morgan fingerprint density at radius 2 is 1.95 bits per heavy atom. The fraction of sp³-hybridized carbons (Fsp3) is 0.625. The monoisotopic (exact) mass is 265 g/mol. The SMILES string of the molecule is CCOc1cccc(CNCC(CC)(CC)CO)c1. The highest BCUT2D eigenvalue weighted by atomic mass is 16.5. The number of hydrogen-bond acceptors (Lipinski definition) is 3. The molecule has 0 unspecified atom stereocenters. The second kappa shape index (κ2) is 8.18. The molecule has 1 aromatic carbocycles. The van der Waals surface area contributed by atoms with E-state index in [9.17, 15) is 5.11 Å². The minimum absolute atomic E-state index is 0.0114. The van der Waals surface area contributed by atoms with Gasteiger partial charge in [0.1, 0.15) is 5.75 Å². The van der Waals surface area contributed by atoms with Crippen LogP contribution in [-0.4, -0.2) is 24.9 Å². The molecule has 2 N–H and O–H groups in total. The van der Waals surface area contributed by atoms with Crippen molar-refractivity contribution in [3.05, 3.63) is 29.8 Å². The lowest BCUT2D eigenvalue weighted by Gasteiger charge is -2.29. The van der Waals surface area contributed by atoms with Crippen LogP contribution in [0.25, 0.3) is 0 Å². The zero-order valence-corrected chi connectivity index (χ0v) is 12.4. The molecule has 3 nitrogen and oxygen atoms in total. The van der Waals surface area contributed by atoms with E-state index in [0.717, 1.165) is 31.7 Å². The smallest absolute Gasteiger partial charge is 0.119 e. The summed E-state index contributed by atoms with van der Waals surface area (Å²) in [5.74, 6) is 0.918. The maximum Gasteiger partial charge on any atom is 0.119 e. The Bertz CT molecular complexity index is 353. The molecule has 0 saturated carbocycles. The van der Waals surface area contributed by atoms with Crippen LogP contribution in [0.1, 0.15) is 39.2 Å². The number of nitrogens with one attached hydrogen (secondary N) is 1. The highest BCUT2D eigenvalue weighted by Gasteiger charge is 2.24. The molecule has 0 fully saturated rings. The van der Waals surface area contributed by atoms with Crippen LogP contribution < -0.4 is 10.1 Å². The van der Waals surface area contributed by atoms with Gasteiger partial charge in [-0.2, -0.15) is 0 Å². The van der Waals surface area contributed by atoms with Crippen LogP contribution in [0, 0.1) is 5.41 Å². The molecule has 0 aliphatic carbocycles. The fourth-order valence-electron chi connectivity index (χ4n) is 2.16. The first-order valence-electron chi connectivity index (χ1n) is 7.23. The number of aliphatic hydroxyl groups excluding tert-OH is 1. The van der Waals surface area contributed by atoms with E-state index in [0.29, 0.717) is 6.61 Å². The third kappa shape index (κ3) is 4.84. The molecule has 0 aliphatic rings. The predicted octanol–water partition coefficient (Wildman–Crippen LogP) is 2.97. The van der Waals surface area contributed by atoms with Gasteiger partial charge in [0.15, 0.2) is 0 Å². The quantitative estimate of drug-likeness (QED) is 0.721. The van der Waals surface area contributed by atoms with Crippen LogP contribution in [0.5, 0.6) is 5.75 Å². The highest BCUT2D eigenvalue weighted by molar-refractivity contribution is 5.28. The van der Waals surface area contributed by atoms with E-state index in [1.54, 1.807) is 0 Å². The van der Waals surface area contributed by atoms with Crippen LogP contribution in [0.3, 0.4) is 0 Å². The van der Waals surface area contributed by atoms with E-state index in [2.05, 4.69) is 31.3 Å². The second-order valence-electron chi connectivity index (χ2n) is 5.05. The van der Waals surface area contributed by atoms with Gasteiger partial charge in [0, 0.05) is 25.1 Å². The summed E-state index contributed by atoms with van der Waals surface area (Å²) in [5.41, 5.74) is 1.22. The number of hydrogen-bond donors (Lipinski definition) is 2. The van der Waals surface area contributed by atoms with E-state index in [-0.39, 0.29) is 12.0 Å². The van der Waals surface area contributed by atoms with Crippen molar-refractivity contribution >= 4 is 0 Å². The van der Waals surface area contributed by atoms with Gasteiger partial charge in [-0.1, -0.05) is 26.0 Å². The van der Waals surface area contributed by atoms with Crippen molar-refractivity contribution < 1.29 is 9.84 Å². The van der Waals surface area contributed by atoms with Crippen molar-refractivity contribution in [3.8, 4) is 5.75 Å². The molecule has 3 heteroatoms. The third-order valence-electron chi connectivity index (χ3n) is 3.87. The predicted molar refractivity (Wildman–Crippen MR) is 79.4 cm³/mol. The number of benzene rings is 1. The molecule has 108 valence electrons. The molecule has 0 aromatic heterocycles. The number of ether oxygens (including phenoxy) is 1. The third-order valence-corrected chi connectivity index (χ3v) is 3.87. The summed E-state index contributed by atoms with van der Waals surface area (Å²) in [4.78, 5) is 0. The van der Waals surface area contributed by atoms with Crippen molar-refractivity contribution in [2.45, 2.75) is 40.2 Å². The van der Waals surface area contributed by atoms with Gasteiger partial charge in [0.25, 0.3) is 0 Å². The zero-order valence-electron chi connectivity index (χ0n) is 12.4. The van der Waals surface area contributed by atoms with E-state index < -0.39 is 0 Å². The van der Waals surface area contributed by atoms with Crippen molar-refractivity contribution in [2.75, 3.05) is 19.8 Å². The summed E-state index contributed by atoms with van der Waals surface area (Å²) in [5, 5.41) is 13.0. The average Bonchev–Trinajstić information content (AvgIpc) is 2.45. The van der Waals surface area contributed by atoms with Gasteiger partial charge in [-0.3, -0.25) is 0 Å². The van der Waals surface area contributed by atoms with Gasteiger partial charge in [0.05, 0.1) is 6.61 Å². The topological polar surface area (TPSA) is 41.5 Å². The molecular weight excluding hydrogens is 238 g/mol. The minimum Gasteiger partial charge on any atom is -0.494 e. The molecule has 19 heavy (non-hydrogen) atoms. The van der Waals surface area contributed by atoms with Gasteiger partial charge >= 0.3 is 0 Å². The summed E-state index contributed by atoms with van der Waals surface area (Å²) < 4.78 is 5.49. The van der Waals surface area contributed by atoms with Gasteiger partial charge < -0.3 is 15.2 Å². The second-order valence-corrected chi connectivity index (χ2v) is 5.05. The largest absolute Gasteiger partial charge is 0.494 e. The van der Waals surface area contributed by atoms with Crippen molar-refractivity contribution in [3.63, 3.8) is 0 Å². The Balaban J connectivity index is 2.50. The normalized spacial score (nSPS) is 11.6. The lowest BCUT2D eigenvalue weighted by Crippen LogP contribution is -2.36. The summed E-state index contributed by atoms with van der Waals surface area (Å²) in [6.07, 6.45) is 1.98. The Morgan fingerprint density at radius 3 is 2.53 bits per heavy atom. The van der Waals surface area contributed by atoms with Crippen molar-refractivity contribution in [2.24, 2.45) is 5.41 Å². The maximum absolute atomic E-state index is 9.53. The highest BCUT2D eigenvalue weighted by Crippen LogP contribution is 2.24. The van der Waals surface area contributed by atoms with Crippen LogP contribution in [0.2, 0.25) is 0 Å². The summed E-state index contributed by atoms with van der Waals surface area (Å²) in [7, 11) is 0. The first kappa shape index (κ1) is 16.0. The Labute approximate surface area is 117 Å².